The summed E-state index contributed by atoms with van der Waals surface area (Å²) in [4.78, 5) is 27.3. The Morgan fingerprint density at radius 1 is 0.618 bits per heavy atom. The number of rotatable bonds is 9. The highest BCUT2D eigenvalue weighted by molar-refractivity contribution is 6.11. The molecule has 4 atom stereocenters. The molecule has 6 aliphatic rings. The molecule has 0 saturated heterocycles. The van der Waals surface area contributed by atoms with Crippen molar-refractivity contribution in [1.29, 1.82) is 0 Å². The van der Waals surface area contributed by atoms with Crippen molar-refractivity contribution in [3.05, 3.63) is 51.8 Å². The van der Waals surface area contributed by atoms with Crippen LogP contribution in [0.1, 0.15) is 79.1 Å². The van der Waals surface area contributed by atoms with Gasteiger partial charge in [-0.2, -0.15) is 0 Å². The predicted molar refractivity (Wildman–Crippen MR) is 136 cm³/mol. The monoisotopic (exact) mass is 456 g/mol. The molecule has 0 bridgehead atoms. The van der Waals surface area contributed by atoms with Crippen LogP contribution in [-0.2, 0) is 9.59 Å². The van der Waals surface area contributed by atoms with E-state index in [-0.39, 0.29) is 17.6 Å². The number of allylic oxidation sites excluding steroid dienone is 7. The van der Waals surface area contributed by atoms with Gasteiger partial charge in [-0.25, -0.2) is 0 Å². The summed E-state index contributed by atoms with van der Waals surface area (Å²) in [5.41, 5.74) is 8.78. The largest absolute Gasteiger partial charge is 0.289 e. The van der Waals surface area contributed by atoms with E-state index in [0.717, 1.165) is 27.9 Å². The minimum absolute atomic E-state index is 0.0565. The highest BCUT2D eigenvalue weighted by Gasteiger charge is 2.42. The standard InChI is InChI=1S/C32H40O2/c1-17(21-5-6-21)27-13-25(14-28(31(27)33)18(2)22-7-8-22)26-15-29(19(3)23-9-10-23)32(34)30(16-26)20(4)24-11-12-24/h13-15,17-25H,5-12H2,1-4H3/t17-,18-,19-,20-/m1/s1. The smallest absolute Gasteiger partial charge is 0.193 e. The van der Waals surface area contributed by atoms with Gasteiger partial charge in [0.1, 0.15) is 0 Å². The van der Waals surface area contributed by atoms with Gasteiger partial charge in [-0.1, -0.05) is 39.8 Å². The molecule has 0 amide bonds. The predicted octanol–water partition coefficient (Wildman–Crippen LogP) is 7.18. The Balaban J connectivity index is 1.44. The summed E-state index contributed by atoms with van der Waals surface area (Å²) in [6, 6.07) is 0. The van der Waals surface area contributed by atoms with E-state index in [2.05, 4.69) is 51.7 Å². The molecule has 0 aromatic carbocycles. The lowest BCUT2D eigenvalue weighted by Crippen LogP contribution is -2.26. The van der Waals surface area contributed by atoms with E-state index in [0.29, 0.717) is 47.2 Å². The van der Waals surface area contributed by atoms with E-state index in [1.165, 1.54) is 51.4 Å². The molecule has 0 unspecified atom stereocenters. The van der Waals surface area contributed by atoms with Crippen molar-refractivity contribution in [2.75, 3.05) is 0 Å². The zero-order valence-corrected chi connectivity index (χ0v) is 21.4. The Morgan fingerprint density at radius 3 is 1.47 bits per heavy atom. The lowest BCUT2D eigenvalue weighted by atomic mass is 9.74. The summed E-state index contributed by atoms with van der Waals surface area (Å²) in [5.74, 6) is 4.49. The maximum atomic E-state index is 13.7. The second-order valence-corrected chi connectivity index (χ2v) is 12.5. The van der Waals surface area contributed by atoms with E-state index < -0.39 is 0 Å². The molecule has 6 aliphatic carbocycles. The number of carbonyl (C=O) groups excluding carboxylic acids is 2. The number of ketones is 2. The molecule has 0 aromatic heterocycles. The molecule has 0 aliphatic heterocycles. The third-order valence-corrected chi connectivity index (χ3v) is 9.94. The van der Waals surface area contributed by atoms with Crippen LogP contribution in [-0.4, -0.2) is 11.6 Å². The average molecular weight is 457 g/mol. The summed E-state index contributed by atoms with van der Waals surface area (Å²) >= 11 is 0. The maximum Gasteiger partial charge on any atom is 0.193 e. The summed E-state index contributed by atoms with van der Waals surface area (Å²) < 4.78 is 0. The van der Waals surface area contributed by atoms with E-state index in [4.69, 9.17) is 0 Å². The Hall–Kier alpha value is -1.92. The van der Waals surface area contributed by atoms with Gasteiger partial charge < -0.3 is 0 Å². The van der Waals surface area contributed by atoms with Crippen molar-refractivity contribution in [1.82, 2.24) is 0 Å². The first-order chi connectivity index (χ1) is 16.3. The summed E-state index contributed by atoms with van der Waals surface area (Å²) in [6.07, 6.45) is 16.6. The van der Waals surface area contributed by atoms with E-state index >= 15 is 0 Å². The number of carbonyl (C=O) groups is 2. The molecule has 0 N–H and O–H groups in total. The average Bonchev–Trinajstić information content (AvgIpc) is 3.68. The molecular weight excluding hydrogens is 416 g/mol. The van der Waals surface area contributed by atoms with Crippen LogP contribution in [0.4, 0.5) is 0 Å². The number of Topliss-reactive ketones (excluding diaryl/α,β-unsaturated/α-hetero) is 2. The van der Waals surface area contributed by atoms with Crippen molar-refractivity contribution < 1.29 is 9.59 Å². The minimum atomic E-state index is 0.0565. The normalized spacial score (nSPS) is 29.5. The van der Waals surface area contributed by atoms with Gasteiger partial charge in [-0.05, 0) is 116 Å². The van der Waals surface area contributed by atoms with Crippen molar-refractivity contribution >= 4 is 11.6 Å². The van der Waals surface area contributed by atoms with Gasteiger partial charge in [-0.3, -0.25) is 9.59 Å². The van der Waals surface area contributed by atoms with Crippen LogP contribution in [0.3, 0.4) is 0 Å². The highest BCUT2D eigenvalue weighted by Crippen LogP contribution is 2.49. The van der Waals surface area contributed by atoms with Gasteiger partial charge in [0, 0.05) is 22.6 Å². The summed E-state index contributed by atoms with van der Waals surface area (Å²) in [7, 11) is 0. The van der Waals surface area contributed by atoms with Gasteiger partial charge in [0.25, 0.3) is 0 Å². The first-order valence-corrected chi connectivity index (χ1v) is 14.1. The minimum Gasteiger partial charge on any atom is -0.289 e. The second-order valence-electron chi connectivity index (χ2n) is 12.5. The lowest BCUT2D eigenvalue weighted by molar-refractivity contribution is -0.114. The highest BCUT2D eigenvalue weighted by atomic mass is 16.1. The molecule has 0 spiro atoms. The molecule has 6 rings (SSSR count). The zero-order chi connectivity index (χ0) is 23.7. The van der Waals surface area contributed by atoms with Crippen molar-refractivity contribution in [3.8, 4) is 0 Å². The molecule has 180 valence electrons. The molecule has 0 aromatic rings. The Bertz CT molecular complexity index is 1040. The molecule has 2 heteroatoms. The SMILES string of the molecule is C[C@@H](C1=C=C(C2C=C([C@H](C)C3CC3)C(=O)C([C@H](C)C3CC3)=C2)C=C([C@H](C)C2CC2)C1=O)C1CC1. The van der Waals surface area contributed by atoms with Crippen molar-refractivity contribution in [2.45, 2.75) is 79.1 Å². The maximum absolute atomic E-state index is 13.7. The van der Waals surface area contributed by atoms with Crippen LogP contribution < -0.4 is 0 Å². The van der Waals surface area contributed by atoms with Crippen LogP contribution in [0.5, 0.6) is 0 Å². The fourth-order valence-corrected chi connectivity index (χ4v) is 6.51. The van der Waals surface area contributed by atoms with Crippen LogP contribution in [0.15, 0.2) is 51.8 Å². The number of hydrogen-bond acceptors (Lipinski definition) is 2. The Morgan fingerprint density at radius 2 is 1.03 bits per heavy atom. The van der Waals surface area contributed by atoms with Gasteiger partial charge in [-0.15, -0.1) is 5.73 Å². The molecule has 4 fully saturated rings. The van der Waals surface area contributed by atoms with Crippen molar-refractivity contribution in [3.63, 3.8) is 0 Å². The van der Waals surface area contributed by atoms with Gasteiger partial charge >= 0.3 is 0 Å². The quantitative estimate of drug-likeness (QED) is 0.344. The van der Waals surface area contributed by atoms with Crippen LogP contribution >= 0.6 is 0 Å². The molecular formula is C32H40O2. The molecule has 4 saturated carbocycles. The third kappa shape index (κ3) is 4.17. The first kappa shape index (κ1) is 22.5. The second kappa shape index (κ2) is 8.34. The summed E-state index contributed by atoms with van der Waals surface area (Å²) in [5, 5.41) is 0. The Labute approximate surface area is 205 Å². The molecule has 2 nitrogen and oxygen atoms in total. The van der Waals surface area contributed by atoms with Crippen LogP contribution in [0.2, 0.25) is 0 Å². The zero-order valence-electron chi connectivity index (χ0n) is 21.4. The topological polar surface area (TPSA) is 34.1 Å². The fraction of sp³-hybridized carbons (Fsp3) is 0.656. The van der Waals surface area contributed by atoms with Gasteiger partial charge in [0.15, 0.2) is 11.6 Å². The molecule has 0 heterocycles. The third-order valence-electron chi connectivity index (χ3n) is 9.94. The number of hydrogen-bond donors (Lipinski definition) is 0. The van der Waals surface area contributed by atoms with E-state index in [1.54, 1.807) is 0 Å². The van der Waals surface area contributed by atoms with Gasteiger partial charge in [0.2, 0.25) is 0 Å². The van der Waals surface area contributed by atoms with E-state index in [1.807, 2.05) is 0 Å². The molecule has 0 radical (unpaired) electrons. The lowest BCUT2D eigenvalue weighted by Gasteiger charge is -2.29. The van der Waals surface area contributed by atoms with Gasteiger partial charge in [0.05, 0.1) is 0 Å². The van der Waals surface area contributed by atoms with Crippen LogP contribution in [0.25, 0.3) is 0 Å². The van der Waals surface area contributed by atoms with Crippen LogP contribution in [0, 0.1) is 53.3 Å². The summed E-state index contributed by atoms with van der Waals surface area (Å²) in [6.45, 7) is 9.00. The fourth-order valence-electron chi connectivity index (χ4n) is 6.51. The molecule has 34 heavy (non-hydrogen) atoms. The van der Waals surface area contributed by atoms with Crippen molar-refractivity contribution in [2.24, 2.45) is 53.3 Å². The Kier molecular flexibility index (Phi) is 5.53. The van der Waals surface area contributed by atoms with E-state index in [9.17, 15) is 9.59 Å². The first-order valence-electron chi connectivity index (χ1n) is 14.1.